The van der Waals surface area contributed by atoms with Crippen molar-refractivity contribution in [1.82, 2.24) is 20.4 Å². The van der Waals surface area contributed by atoms with Crippen LogP contribution in [0.2, 0.25) is 0 Å². The summed E-state index contributed by atoms with van der Waals surface area (Å²) in [5.41, 5.74) is 0.868. The summed E-state index contributed by atoms with van der Waals surface area (Å²) in [6, 6.07) is 7.42. The summed E-state index contributed by atoms with van der Waals surface area (Å²) < 4.78 is 10.8. The third-order valence-corrected chi connectivity index (χ3v) is 4.68. The highest BCUT2D eigenvalue weighted by Crippen LogP contribution is 2.27. The number of para-hydroxylation sites is 2. The van der Waals surface area contributed by atoms with Gasteiger partial charge in [0.25, 0.3) is 0 Å². The van der Waals surface area contributed by atoms with Crippen molar-refractivity contribution in [3.05, 3.63) is 36.0 Å². The van der Waals surface area contributed by atoms with E-state index in [1.807, 2.05) is 32.0 Å². The van der Waals surface area contributed by atoms with Gasteiger partial charge in [0.15, 0.2) is 11.8 Å². The Bertz CT molecular complexity index is 785. The van der Waals surface area contributed by atoms with Crippen molar-refractivity contribution < 1.29 is 14.4 Å². The van der Waals surface area contributed by atoms with Gasteiger partial charge in [-0.2, -0.15) is 4.98 Å². The maximum absolute atomic E-state index is 10.0. The second kappa shape index (κ2) is 9.41. The lowest BCUT2D eigenvalue weighted by Gasteiger charge is -2.37. The van der Waals surface area contributed by atoms with Crippen LogP contribution in [0.5, 0.6) is 5.75 Å². The van der Waals surface area contributed by atoms with Crippen molar-refractivity contribution in [2.75, 3.05) is 44.7 Å². The molecule has 9 heteroatoms. The number of aliphatic imine (C=N–C) groups is 1. The van der Waals surface area contributed by atoms with Gasteiger partial charge in [-0.1, -0.05) is 17.3 Å². The van der Waals surface area contributed by atoms with E-state index in [4.69, 9.17) is 9.26 Å². The Morgan fingerprint density at radius 2 is 2.07 bits per heavy atom. The number of piperazine rings is 1. The van der Waals surface area contributed by atoms with Crippen molar-refractivity contribution in [2.45, 2.75) is 26.5 Å². The summed E-state index contributed by atoms with van der Waals surface area (Å²) in [5, 5.41) is 17.3. The van der Waals surface area contributed by atoms with Crippen LogP contribution < -0.4 is 10.2 Å². The van der Waals surface area contributed by atoms with Gasteiger partial charge < -0.3 is 29.5 Å². The largest absolute Gasteiger partial charge is 0.506 e. The van der Waals surface area contributed by atoms with Gasteiger partial charge in [-0.15, -0.1) is 0 Å². The van der Waals surface area contributed by atoms with E-state index in [0.717, 1.165) is 37.8 Å². The maximum atomic E-state index is 10.0. The summed E-state index contributed by atoms with van der Waals surface area (Å²) in [6.07, 6.45) is -0.190. The molecule has 0 saturated carbocycles. The molecule has 0 radical (unpaired) electrons. The number of phenolic OH excluding ortho intramolecular Hbond substituents is 1. The summed E-state index contributed by atoms with van der Waals surface area (Å²) >= 11 is 0. The number of phenols is 1. The van der Waals surface area contributed by atoms with Crippen LogP contribution in [-0.2, 0) is 11.3 Å². The van der Waals surface area contributed by atoms with Crippen LogP contribution in [0.4, 0.5) is 5.69 Å². The van der Waals surface area contributed by atoms with Gasteiger partial charge in [-0.05, 0) is 26.0 Å². The number of aromatic nitrogens is 2. The summed E-state index contributed by atoms with van der Waals surface area (Å²) in [6.45, 7) is 8.02. The summed E-state index contributed by atoms with van der Waals surface area (Å²) in [4.78, 5) is 13.1. The molecule has 28 heavy (non-hydrogen) atoms. The number of nitrogens with zero attached hydrogens (tertiary/aromatic N) is 5. The van der Waals surface area contributed by atoms with Crippen LogP contribution in [0.1, 0.15) is 31.7 Å². The van der Waals surface area contributed by atoms with Crippen LogP contribution in [0.25, 0.3) is 0 Å². The number of hydrogen-bond acceptors (Lipinski definition) is 7. The quantitative estimate of drug-likeness (QED) is 0.571. The standard InChI is InChI=1S/C19H28N6O3/c1-4-27-14(2)18-22-17(28-23-18)13-21-19(20-3)25-11-9-24(10-12-25)15-7-5-6-8-16(15)26/h5-8,14,26H,4,9-13H2,1-3H3,(H,20,21). The third-order valence-electron chi connectivity index (χ3n) is 4.68. The Kier molecular flexibility index (Phi) is 6.70. The van der Waals surface area contributed by atoms with Gasteiger partial charge >= 0.3 is 0 Å². The van der Waals surface area contributed by atoms with Gasteiger partial charge in [0.1, 0.15) is 11.9 Å². The van der Waals surface area contributed by atoms with Gasteiger partial charge in [0, 0.05) is 39.8 Å². The molecule has 1 fully saturated rings. The van der Waals surface area contributed by atoms with E-state index < -0.39 is 0 Å². The van der Waals surface area contributed by atoms with Gasteiger partial charge in [0.05, 0.1) is 12.2 Å². The zero-order valence-corrected chi connectivity index (χ0v) is 16.6. The van der Waals surface area contributed by atoms with E-state index in [1.54, 1.807) is 13.1 Å². The molecule has 2 aromatic rings. The molecule has 3 rings (SSSR count). The number of rotatable bonds is 6. The fourth-order valence-electron chi connectivity index (χ4n) is 3.21. The highest BCUT2D eigenvalue weighted by Gasteiger charge is 2.22. The molecule has 2 heterocycles. The monoisotopic (exact) mass is 388 g/mol. The molecule has 152 valence electrons. The Balaban J connectivity index is 1.52. The smallest absolute Gasteiger partial charge is 0.246 e. The Morgan fingerprint density at radius 1 is 1.32 bits per heavy atom. The SMILES string of the molecule is CCOC(C)c1noc(CNC(=NC)N2CCN(c3ccccc3O)CC2)n1. The second-order valence-corrected chi connectivity index (χ2v) is 6.51. The molecule has 1 aromatic heterocycles. The van der Waals surface area contributed by atoms with Gasteiger partial charge in [-0.25, -0.2) is 0 Å². The van der Waals surface area contributed by atoms with E-state index in [9.17, 15) is 5.11 Å². The van der Waals surface area contributed by atoms with Crippen LogP contribution in [-0.4, -0.2) is 65.9 Å². The molecule has 0 amide bonds. The van der Waals surface area contributed by atoms with E-state index in [0.29, 0.717) is 30.6 Å². The zero-order chi connectivity index (χ0) is 19.9. The number of benzene rings is 1. The lowest BCUT2D eigenvalue weighted by Crippen LogP contribution is -2.52. The van der Waals surface area contributed by atoms with Crippen molar-refractivity contribution >= 4 is 11.6 Å². The molecule has 0 spiro atoms. The number of anilines is 1. The number of aromatic hydroxyl groups is 1. The molecular weight excluding hydrogens is 360 g/mol. The van der Waals surface area contributed by atoms with Crippen molar-refractivity contribution in [3.8, 4) is 5.75 Å². The number of guanidine groups is 1. The third kappa shape index (κ3) is 4.72. The zero-order valence-electron chi connectivity index (χ0n) is 16.6. The first kappa shape index (κ1) is 19.9. The molecular formula is C19H28N6O3. The molecule has 9 nitrogen and oxygen atoms in total. The molecule has 1 unspecified atom stereocenters. The first-order chi connectivity index (χ1) is 13.6. The fourth-order valence-corrected chi connectivity index (χ4v) is 3.21. The highest BCUT2D eigenvalue weighted by atomic mass is 16.5. The average molecular weight is 388 g/mol. The molecule has 1 aromatic carbocycles. The van der Waals surface area contributed by atoms with E-state index in [-0.39, 0.29) is 6.10 Å². The topological polar surface area (TPSA) is 99.3 Å². The molecule has 0 bridgehead atoms. The van der Waals surface area contributed by atoms with E-state index in [1.165, 1.54) is 0 Å². The van der Waals surface area contributed by atoms with Crippen LogP contribution in [0, 0.1) is 0 Å². The predicted molar refractivity (Wildman–Crippen MR) is 106 cm³/mol. The lowest BCUT2D eigenvalue weighted by molar-refractivity contribution is 0.0683. The Morgan fingerprint density at radius 3 is 2.75 bits per heavy atom. The summed E-state index contributed by atoms with van der Waals surface area (Å²) in [5.74, 6) is 2.14. The predicted octanol–water partition coefficient (Wildman–Crippen LogP) is 1.77. The van der Waals surface area contributed by atoms with Gasteiger partial charge in [-0.3, -0.25) is 4.99 Å². The summed E-state index contributed by atoms with van der Waals surface area (Å²) in [7, 11) is 1.76. The molecule has 1 saturated heterocycles. The first-order valence-electron chi connectivity index (χ1n) is 9.55. The van der Waals surface area contributed by atoms with Crippen molar-refractivity contribution in [1.29, 1.82) is 0 Å². The minimum absolute atomic E-state index is 0.190. The minimum atomic E-state index is -0.190. The molecule has 1 atom stereocenters. The first-order valence-corrected chi connectivity index (χ1v) is 9.55. The van der Waals surface area contributed by atoms with E-state index >= 15 is 0 Å². The fraction of sp³-hybridized carbons (Fsp3) is 0.526. The van der Waals surface area contributed by atoms with Crippen LogP contribution >= 0.6 is 0 Å². The second-order valence-electron chi connectivity index (χ2n) is 6.51. The van der Waals surface area contributed by atoms with Gasteiger partial charge in [0.2, 0.25) is 5.89 Å². The average Bonchev–Trinajstić information content (AvgIpc) is 3.19. The highest BCUT2D eigenvalue weighted by molar-refractivity contribution is 5.80. The Labute approximate surface area is 165 Å². The molecule has 1 aliphatic heterocycles. The minimum Gasteiger partial charge on any atom is -0.506 e. The molecule has 1 aliphatic rings. The normalized spacial score (nSPS) is 16.3. The number of nitrogens with one attached hydrogen (secondary N) is 1. The number of ether oxygens (including phenoxy) is 1. The Hall–Kier alpha value is -2.81. The molecule has 2 N–H and O–H groups in total. The number of hydrogen-bond donors (Lipinski definition) is 2. The van der Waals surface area contributed by atoms with Crippen LogP contribution in [0.3, 0.4) is 0 Å². The molecule has 0 aliphatic carbocycles. The van der Waals surface area contributed by atoms with E-state index in [2.05, 4.69) is 30.2 Å². The lowest BCUT2D eigenvalue weighted by atomic mass is 10.2. The maximum Gasteiger partial charge on any atom is 0.246 e. The van der Waals surface area contributed by atoms with Crippen molar-refractivity contribution in [3.63, 3.8) is 0 Å². The van der Waals surface area contributed by atoms with Crippen LogP contribution in [0.15, 0.2) is 33.8 Å². The van der Waals surface area contributed by atoms with Crippen molar-refractivity contribution in [2.24, 2.45) is 4.99 Å².